The minimum atomic E-state index is -3.98. The molecule has 2 amide bonds. The SMILES string of the molecule is Cc1cccc(NS(=O)(=O)c2ccc(N3C(=O)c4ccc([N+](=O)[O-])c5c([N+](=O)[O-])ccc(c45)C3=O)cc2)c1. The van der Waals surface area contributed by atoms with Gasteiger partial charge in [0, 0.05) is 34.3 Å². The Kier molecular flexibility index (Phi) is 5.64. The Balaban J connectivity index is 1.56. The number of nitro benzene ring substituents is 2. The van der Waals surface area contributed by atoms with Gasteiger partial charge in [0.25, 0.3) is 33.2 Å². The summed E-state index contributed by atoms with van der Waals surface area (Å²) in [7, 11) is -3.98. The van der Waals surface area contributed by atoms with E-state index in [-0.39, 0.29) is 27.1 Å². The van der Waals surface area contributed by atoms with Crippen molar-refractivity contribution in [2.24, 2.45) is 0 Å². The van der Waals surface area contributed by atoms with Gasteiger partial charge in [-0.15, -0.1) is 0 Å². The molecule has 5 rings (SSSR count). The lowest BCUT2D eigenvalue weighted by Crippen LogP contribution is -2.40. The average Bonchev–Trinajstić information content (AvgIpc) is 2.86. The average molecular weight is 532 g/mol. The van der Waals surface area contributed by atoms with E-state index in [0.29, 0.717) is 5.69 Å². The molecule has 0 fully saturated rings. The van der Waals surface area contributed by atoms with Gasteiger partial charge in [0.05, 0.1) is 20.4 Å². The van der Waals surface area contributed by atoms with Crippen LogP contribution in [0.3, 0.4) is 0 Å². The van der Waals surface area contributed by atoms with Gasteiger partial charge in [-0.25, -0.2) is 13.3 Å². The molecule has 0 spiro atoms. The standard InChI is InChI=1S/C25H16N4O8S/c1-14-3-2-4-15(13-14)26-38(36,37)17-7-5-16(6-8-17)27-24(30)18-9-11-20(28(32)33)23-21(29(34)35)12-10-19(22(18)23)25(27)31/h2-13,26H,1H3. The van der Waals surface area contributed by atoms with Gasteiger partial charge in [-0.1, -0.05) is 12.1 Å². The van der Waals surface area contributed by atoms with Gasteiger partial charge in [-0.05, 0) is 61.0 Å². The molecule has 0 bridgehead atoms. The lowest BCUT2D eigenvalue weighted by atomic mass is 9.91. The molecule has 0 atom stereocenters. The highest BCUT2D eigenvalue weighted by molar-refractivity contribution is 7.92. The van der Waals surface area contributed by atoms with Crippen molar-refractivity contribution in [1.82, 2.24) is 0 Å². The van der Waals surface area contributed by atoms with Crippen LogP contribution in [0.1, 0.15) is 26.3 Å². The summed E-state index contributed by atoms with van der Waals surface area (Å²) in [5.74, 6) is -1.73. The zero-order valence-corrected chi connectivity index (χ0v) is 20.3. The van der Waals surface area contributed by atoms with Crippen LogP contribution in [0.25, 0.3) is 10.8 Å². The Morgan fingerprint density at radius 2 is 1.32 bits per heavy atom. The van der Waals surface area contributed by atoms with Crippen LogP contribution in [-0.4, -0.2) is 30.1 Å². The molecule has 1 aliphatic rings. The lowest BCUT2D eigenvalue weighted by molar-refractivity contribution is -0.390. The molecular weight excluding hydrogens is 516 g/mol. The molecule has 0 saturated heterocycles. The Hall–Kier alpha value is -5.17. The number of hydrogen-bond donors (Lipinski definition) is 1. The van der Waals surface area contributed by atoms with Gasteiger partial charge in [0.1, 0.15) is 5.39 Å². The summed E-state index contributed by atoms with van der Waals surface area (Å²) in [6.07, 6.45) is 0. The predicted octanol–water partition coefficient (Wildman–Crippen LogP) is 4.57. The van der Waals surface area contributed by atoms with Crippen molar-refractivity contribution in [2.75, 3.05) is 9.62 Å². The van der Waals surface area contributed by atoms with Crippen LogP contribution in [0.15, 0.2) is 77.7 Å². The van der Waals surface area contributed by atoms with E-state index in [1.807, 2.05) is 13.0 Å². The fraction of sp³-hybridized carbons (Fsp3) is 0.0400. The number of nitrogens with zero attached hydrogens (tertiary/aromatic N) is 3. The number of imide groups is 1. The predicted molar refractivity (Wildman–Crippen MR) is 137 cm³/mol. The monoisotopic (exact) mass is 532 g/mol. The molecule has 12 nitrogen and oxygen atoms in total. The van der Waals surface area contributed by atoms with Crippen LogP contribution in [0.4, 0.5) is 22.7 Å². The van der Waals surface area contributed by atoms with Gasteiger partial charge in [-0.2, -0.15) is 0 Å². The maximum absolute atomic E-state index is 13.4. The molecule has 1 heterocycles. The summed E-state index contributed by atoms with van der Waals surface area (Å²) in [6.45, 7) is 1.81. The number of sulfonamides is 1. The van der Waals surface area contributed by atoms with Crippen molar-refractivity contribution in [3.8, 4) is 0 Å². The summed E-state index contributed by atoms with van der Waals surface area (Å²) in [4.78, 5) is 48.9. The number of carbonyl (C=O) groups is 2. The normalized spacial score (nSPS) is 13.0. The number of amides is 2. The first kappa shape index (κ1) is 24.5. The third kappa shape index (κ3) is 3.90. The van der Waals surface area contributed by atoms with Crippen molar-refractivity contribution in [2.45, 2.75) is 11.8 Å². The van der Waals surface area contributed by atoms with Gasteiger partial charge in [0.15, 0.2) is 0 Å². The second-order valence-corrected chi connectivity index (χ2v) is 10.1. The van der Waals surface area contributed by atoms with Crippen molar-refractivity contribution in [3.05, 3.63) is 110 Å². The Morgan fingerprint density at radius 3 is 1.82 bits per heavy atom. The van der Waals surface area contributed by atoms with E-state index < -0.39 is 48.4 Å². The second kappa shape index (κ2) is 8.74. The van der Waals surface area contributed by atoms with E-state index in [9.17, 15) is 38.2 Å². The van der Waals surface area contributed by atoms with Crippen LogP contribution < -0.4 is 9.62 Å². The first-order valence-corrected chi connectivity index (χ1v) is 12.4. The van der Waals surface area contributed by atoms with Crippen LogP contribution in [0.5, 0.6) is 0 Å². The van der Waals surface area contributed by atoms with Gasteiger partial charge >= 0.3 is 0 Å². The smallest absolute Gasteiger partial charge is 0.280 e. The van der Waals surface area contributed by atoms with Crippen LogP contribution in [0, 0.1) is 27.2 Å². The minimum Gasteiger partial charge on any atom is -0.280 e. The second-order valence-electron chi connectivity index (χ2n) is 8.44. The van der Waals surface area contributed by atoms with Gasteiger partial charge < -0.3 is 0 Å². The number of rotatable bonds is 6. The summed E-state index contributed by atoms with van der Waals surface area (Å²) in [5.41, 5.74) is -0.227. The molecule has 0 aromatic heterocycles. The van der Waals surface area contributed by atoms with Crippen molar-refractivity contribution >= 4 is 55.4 Å². The molecule has 0 aliphatic carbocycles. The highest BCUT2D eigenvalue weighted by Crippen LogP contribution is 2.41. The third-order valence-corrected chi connectivity index (χ3v) is 7.45. The zero-order valence-electron chi connectivity index (χ0n) is 19.4. The molecule has 0 unspecified atom stereocenters. The van der Waals surface area contributed by atoms with Gasteiger partial charge in [-0.3, -0.25) is 34.5 Å². The highest BCUT2D eigenvalue weighted by atomic mass is 32.2. The number of anilines is 2. The van der Waals surface area contributed by atoms with Crippen molar-refractivity contribution < 1.29 is 27.9 Å². The number of aryl methyl sites for hydroxylation is 1. The number of nitrogens with one attached hydrogen (secondary N) is 1. The lowest BCUT2D eigenvalue weighted by Gasteiger charge is -2.27. The summed E-state index contributed by atoms with van der Waals surface area (Å²) in [5, 5.41) is 22.5. The van der Waals surface area contributed by atoms with Gasteiger partial charge in [0.2, 0.25) is 0 Å². The highest BCUT2D eigenvalue weighted by Gasteiger charge is 2.38. The van der Waals surface area contributed by atoms with E-state index in [4.69, 9.17) is 0 Å². The maximum Gasteiger partial charge on any atom is 0.284 e. The van der Waals surface area contributed by atoms with Crippen LogP contribution in [-0.2, 0) is 10.0 Å². The molecule has 4 aromatic rings. The topological polar surface area (TPSA) is 170 Å². The first-order chi connectivity index (χ1) is 18.0. The molecule has 0 radical (unpaired) electrons. The molecule has 38 heavy (non-hydrogen) atoms. The Labute approximate surface area is 214 Å². The molecule has 4 aromatic carbocycles. The Morgan fingerprint density at radius 1 is 0.763 bits per heavy atom. The van der Waals surface area contributed by atoms with Crippen LogP contribution >= 0.6 is 0 Å². The minimum absolute atomic E-state index is 0.0463. The van der Waals surface area contributed by atoms with Crippen LogP contribution in [0.2, 0.25) is 0 Å². The quantitative estimate of drug-likeness (QED) is 0.214. The largest absolute Gasteiger partial charge is 0.284 e. The summed E-state index contributed by atoms with van der Waals surface area (Å²) < 4.78 is 28.1. The van der Waals surface area contributed by atoms with E-state index in [1.54, 1.807) is 18.2 Å². The van der Waals surface area contributed by atoms with Crippen molar-refractivity contribution in [3.63, 3.8) is 0 Å². The van der Waals surface area contributed by atoms with E-state index >= 15 is 0 Å². The maximum atomic E-state index is 13.4. The zero-order chi connectivity index (χ0) is 27.4. The summed E-state index contributed by atoms with van der Waals surface area (Å²) >= 11 is 0. The number of hydrogen-bond acceptors (Lipinski definition) is 8. The molecule has 0 saturated carbocycles. The number of nitro groups is 2. The first-order valence-electron chi connectivity index (χ1n) is 11.0. The van der Waals surface area contributed by atoms with E-state index in [1.165, 1.54) is 24.3 Å². The van der Waals surface area contributed by atoms with Crippen molar-refractivity contribution in [1.29, 1.82) is 0 Å². The van der Waals surface area contributed by atoms with E-state index in [2.05, 4.69) is 4.72 Å². The fourth-order valence-electron chi connectivity index (χ4n) is 4.39. The molecule has 1 aliphatic heterocycles. The fourth-order valence-corrected chi connectivity index (χ4v) is 5.43. The van der Waals surface area contributed by atoms with E-state index in [0.717, 1.165) is 34.7 Å². The third-order valence-electron chi connectivity index (χ3n) is 6.05. The molecule has 190 valence electrons. The molecular formula is C25H16N4O8S. The number of carbonyl (C=O) groups excluding carboxylic acids is 2. The number of benzene rings is 4. The Bertz CT molecular complexity index is 1750. The summed E-state index contributed by atoms with van der Waals surface area (Å²) in [6, 6.07) is 16.0. The molecule has 1 N–H and O–H groups in total. The number of non-ortho nitro benzene ring substituents is 2. The molecule has 13 heteroatoms.